The lowest BCUT2D eigenvalue weighted by Gasteiger charge is -2.12. The normalized spacial score (nSPS) is 11.9. The van der Waals surface area contributed by atoms with Gasteiger partial charge in [-0.05, 0) is 32.3 Å². The molecule has 0 radical (unpaired) electrons. The maximum Gasteiger partial charge on any atom is 0.326 e. The minimum Gasteiger partial charge on any atom is -0.480 e. The molecule has 1 rings (SSSR count). The molecule has 110 valence electrons. The number of nitrogens with zero attached hydrogens (tertiary/aromatic N) is 2. The summed E-state index contributed by atoms with van der Waals surface area (Å²) in [6, 6.07) is -0.906. The van der Waals surface area contributed by atoms with E-state index in [1.54, 1.807) is 4.68 Å². The quantitative estimate of drug-likeness (QED) is 0.732. The van der Waals surface area contributed by atoms with E-state index in [1.807, 2.05) is 20.9 Å². The summed E-state index contributed by atoms with van der Waals surface area (Å²) in [5, 5.41) is 15.7. The first-order valence-electron chi connectivity index (χ1n) is 6.49. The molecule has 0 aromatic carbocycles. The van der Waals surface area contributed by atoms with Crippen molar-refractivity contribution in [3.63, 3.8) is 0 Å². The molecule has 20 heavy (non-hydrogen) atoms. The molecular formula is C14H21N3O3. The third-order valence-corrected chi connectivity index (χ3v) is 3.30. The molecule has 1 aromatic heterocycles. The van der Waals surface area contributed by atoms with E-state index < -0.39 is 12.0 Å². The Hall–Kier alpha value is -2.11. The predicted octanol–water partition coefficient (Wildman–Crippen LogP) is 1.12. The molecular weight excluding hydrogens is 258 g/mol. The van der Waals surface area contributed by atoms with E-state index in [2.05, 4.69) is 17.0 Å². The van der Waals surface area contributed by atoms with E-state index in [0.717, 1.165) is 17.0 Å². The van der Waals surface area contributed by atoms with Gasteiger partial charge in [-0.1, -0.05) is 6.08 Å². The third kappa shape index (κ3) is 3.94. The number of nitrogens with one attached hydrogen (secondary N) is 1. The van der Waals surface area contributed by atoms with E-state index >= 15 is 0 Å². The van der Waals surface area contributed by atoms with Gasteiger partial charge in [0.25, 0.3) is 0 Å². The van der Waals surface area contributed by atoms with E-state index in [0.29, 0.717) is 6.42 Å². The number of amides is 1. The zero-order chi connectivity index (χ0) is 15.3. The first kappa shape index (κ1) is 15.9. The van der Waals surface area contributed by atoms with Crippen molar-refractivity contribution in [3.8, 4) is 0 Å². The molecule has 6 heteroatoms. The average Bonchev–Trinajstić information content (AvgIpc) is 2.60. The average molecular weight is 279 g/mol. The molecule has 0 bridgehead atoms. The molecule has 0 aliphatic rings. The summed E-state index contributed by atoms with van der Waals surface area (Å²) in [4.78, 5) is 22.7. The lowest BCUT2D eigenvalue weighted by molar-refractivity contribution is -0.141. The zero-order valence-corrected chi connectivity index (χ0v) is 12.1. The second-order valence-corrected chi connectivity index (χ2v) is 4.76. The molecule has 6 nitrogen and oxygen atoms in total. The second-order valence-electron chi connectivity index (χ2n) is 4.76. The number of rotatable bonds is 7. The van der Waals surface area contributed by atoms with Gasteiger partial charge in [0.15, 0.2) is 0 Å². The molecule has 1 aromatic rings. The fraction of sp³-hybridized carbons (Fsp3) is 0.500. The van der Waals surface area contributed by atoms with Crippen LogP contribution in [0.25, 0.3) is 0 Å². The lowest BCUT2D eigenvalue weighted by Crippen LogP contribution is -2.40. The predicted molar refractivity (Wildman–Crippen MR) is 75.4 cm³/mol. The van der Waals surface area contributed by atoms with Crippen LogP contribution in [0.3, 0.4) is 0 Å². The number of aryl methyl sites for hydroxylation is 2. The Labute approximate surface area is 118 Å². The highest BCUT2D eigenvalue weighted by Gasteiger charge is 2.18. The van der Waals surface area contributed by atoms with Crippen molar-refractivity contribution >= 4 is 11.9 Å². The monoisotopic (exact) mass is 279 g/mol. The molecule has 0 fully saturated rings. The van der Waals surface area contributed by atoms with Crippen LogP contribution in [0.1, 0.15) is 29.8 Å². The molecule has 1 amide bonds. The molecule has 1 atom stereocenters. The van der Waals surface area contributed by atoms with Crippen molar-refractivity contribution in [2.45, 2.75) is 39.2 Å². The van der Waals surface area contributed by atoms with Crippen molar-refractivity contribution in [2.24, 2.45) is 7.05 Å². The summed E-state index contributed by atoms with van der Waals surface area (Å²) < 4.78 is 1.78. The Kier molecular flexibility index (Phi) is 5.49. The molecule has 2 N–H and O–H groups in total. The second kappa shape index (κ2) is 6.88. The largest absolute Gasteiger partial charge is 0.480 e. The number of carboxylic acids is 1. The van der Waals surface area contributed by atoms with Gasteiger partial charge in [-0.15, -0.1) is 6.58 Å². The standard InChI is InChI=1S/C14H21N3O3/c1-5-6-12(14(19)20)15-13(18)8-7-11-9(2)16-17(4)10(11)3/h5,12H,1,6-8H2,2-4H3,(H,15,18)(H,19,20). The molecule has 0 saturated carbocycles. The van der Waals surface area contributed by atoms with Crippen LogP contribution in [-0.2, 0) is 23.1 Å². The van der Waals surface area contributed by atoms with Crippen molar-refractivity contribution in [1.82, 2.24) is 15.1 Å². The Bertz CT molecular complexity index is 520. The van der Waals surface area contributed by atoms with E-state index in [4.69, 9.17) is 5.11 Å². The van der Waals surface area contributed by atoms with Crippen LogP contribution in [-0.4, -0.2) is 32.8 Å². The van der Waals surface area contributed by atoms with Crippen LogP contribution in [0, 0.1) is 13.8 Å². The topological polar surface area (TPSA) is 84.2 Å². The Morgan fingerprint density at radius 2 is 2.15 bits per heavy atom. The van der Waals surface area contributed by atoms with E-state index in [-0.39, 0.29) is 18.7 Å². The number of hydrogen-bond acceptors (Lipinski definition) is 3. The van der Waals surface area contributed by atoms with E-state index in [9.17, 15) is 9.59 Å². The van der Waals surface area contributed by atoms with Gasteiger partial charge in [0.2, 0.25) is 5.91 Å². The molecule has 0 aliphatic heterocycles. The number of hydrogen-bond donors (Lipinski definition) is 2. The Morgan fingerprint density at radius 1 is 1.50 bits per heavy atom. The summed E-state index contributed by atoms with van der Waals surface area (Å²) in [7, 11) is 1.86. The molecule has 1 unspecified atom stereocenters. The summed E-state index contributed by atoms with van der Waals surface area (Å²) >= 11 is 0. The third-order valence-electron chi connectivity index (χ3n) is 3.30. The van der Waals surface area contributed by atoms with Gasteiger partial charge >= 0.3 is 5.97 Å². The highest BCUT2D eigenvalue weighted by Crippen LogP contribution is 2.14. The van der Waals surface area contributed by atoms with Crippen molar-refractivity contribution in [1.29, 1.82) is 0 Å². The van der Waals surface area contributed by atoms with Crippen LogP contribution >= 0.6 is 0 Å². The molecule has 1 heterocycles. The van der Waals surface area contributed by atoms with Gasteiger partial charge in [-0.2, -0.15) is 5.10 Å². The molecule has 0 aliphatic carbocycles. The number of aromatic nitrogens is 2. The summed E-state index contributed by atoms with van der Waals surface area (Å²) in [5.41, 5.74) is 2.97. The number of carbonyl (C=O) groups excluding carboxylic acids is 1. The van der Waals surface area contributed by atoms with Crippen LogP contribution in [0.15, 0.2) is 12.7 Å². The van der Waals surface area contributed by atoms with Crippen molar-refractivity contribution < 1.29 is 14.7 Å². The Balaban J connectivity index is 2.59. The SMILES string of the molecule is C=CCC(NC(=O)CCc1c(C)nn(C)c1C)C(=O)O. The summed E-state index contributed by atoms with van der Waals surface area (Å²) in [6.07, 6.45) is 2.49. The van der Waals surface area contributed by atoms with Gasteiger partial charge in [0, 0.05) is 19.2 Å². The highest BCUT2D eigenvalue weighted by molar-refractivity contribution is 5.83. The first-order chi connectivity index (χ1) is 9.36. The first-order valence-corrected chi connectivity index (χ1v) is 6.49. The number of carboxylic acid groups (broad SMARTS) is 1. The van der Waals surface area contributed by atoms with Crippen molar-refractivity contribution in [2.75, 3.05) is 0 Å². The maximum absolute atomic E-state index is 11.8. The van der Waals surface area contributed by atoms with Gasteiger partial charge in [-0.25, -0.2) is 4.79 Å². The zero-order valence-electron chi connectivity index (χ0n) is 12.1. The number of aliphatic carboxylic acids is 1. The minimum absolute atomic E-state index is 0.214. The molecule has 0 saturated heterocycles. The van der Waals surface area contributed by atoms with Crippen LogP contribution in [0.5, 0.6) is 0 Å². The minimum atomic E-state index is -1.05. The lowest BCUT2D eigenvalue weighted by atomic mass is 10.1. The smallest absolute Gasteiger partial charge is 0.326 e. The molecule has 0 spiro atoms. The number of carbonyl (C=O) groups is 2. The maximum atomic E-state index is 11.8. The van der Waals surface area contributed by atoms with Gasteiger partial charge in [0.05, 0.1) is 5.69 Å². The van der Waals surface area contributed by atoms with Crippen LogP contribution in [0.4, 0.5) is 0 Å². The van der Waals surface area contributed by atoms with Gasteiger partial charge < -0.3 is 10.4 Å². The van der Waals surface area contributed by atoms with Crippen LogP contribution in [0.2, 0.25) is 0 Å². The van der Waals surface area contributed by atoms with Crippen molar-refractivity contribution in [3.05, 3.63) is 29.6 Å². The Morgan fingerprint density at radius 3 is 2.60 bits per heavy atom. The highest BCUT2D eigenvalue weighted by atomic mass is 16.4. The van der Waals surface area contributed by atoms with Crippen LogP contribution < -0.4 is 5.32 Å². The summed E-state index contributed by atoms with van der Waals surface area (Å²) in [6.45, 7) is 7.33. The summed E-state index contributed by atoms with van der Waals surface area (Å²) in [5.74, 6) is -1.33. The van der Waals surface area contributed by atoms with Gasteiger partial charge in [0.1, 0.15) is 6.04 Å². The van der Waals surface area contributed by atoms with E-state index in [1.165, 1.54) is 6.08 Å². The van der Waals surface area contributed by atoms with Gasteiger partial charge in [-0.3, -0.25) is 9.48 Å². The fourth-order valence-electron chi connectivity index (χ4n) is 2.07. The fourth-order valence-corrected chi connectivity index (χ4v) is 2.07.